The number of fused-ring (bicyclic) bond motifs is 6. The van der Waals surface area contributed by atoms with Gasteiger partial charge >= 0.3 is 4.87 Å². The van der Waals surface area contributed by atoms with Gasteiger partial charge in [0.2, 0.25) is 0 Å². The minimum Gasteiger partial charge on any atom is -0.504 e. The smallest absolute Gasteiger partial charge is 0.305 e. The van der Waals surface area contributed by atoms with Crippen LogP contribution >= 0.6 is 23.1 Å². The molecule has 2 bridgehead atoms. The second-order valence-electron chi connectivity index (χ2n) is 7.08. The van der Waals surface area contributed by atoms with E-state index < -0.39 is 0 Å². The average molecular weight is 361 g/mol. The van der Waals surface area contributed by atoms with Gasteiger partial charge in [-0.3, -0.25) is 4.79 Å². The van der Waals surface area contributed by atoms with E-state index >= 15 is 0 Å². The van der Waals surface area contributed by atoms with Crippen molar-refractivity contribution in [3.05, 3.63) is 38.3 Å². The van der Waals surface area contributed by atoms with Crippen molar-refractivity contribution in [3.63, 3.8) is 0 Å². The number of aromatic amines is 1. The number of phenolic OH excluding ortho intramolecular Hbond substituents is 1. The third kappa shape index (κ3) is 1.96. The second-order valence-corrected chi connectivity index (χ2v) is 9.28. The van der Waals surface area contributed by atoms with Gasteiger partial charge in [-0.15, -0.1) is 11.8 Å². The van der Waals surface area contributed by atoms with E-state index in [0.717, 1.165) is 21.4 Å². The van der Waals surface area contributed by atoms with E-state index in [1.54, 1.807) is 13.2 Å². The Morgan fingerprint density at radius 3 is 2.96 bits per heavy atom. The highest BCUT2D eigenvalue weighted by atomic mass is 32.2. The van der Waals surface area contributed by atoms with Gasteiger partial charge in [0, 0.05) is 21.6 Å². The third-order valence-corrected chi connectivity index (χ3v) is 8.67. The molecule has 2 N–H and O–H groups in total. The number of aromatic nitrogens is 1. The van der Waals surface area contributed by atoms with Gasteiger partial charge in [-0.05, 0) is 43.1 Å². The van der Waals surface area contributed by atoms with E-state index in [1.165, 1.54) is 30.6 Å². The number of phenols is 1. The maximum atomic E-state index is 12.0. The van der Waals surface area contributed by atoms with Crippen LogP contribution < -0.4 is 9.61 Å². The fourth-order valence-electron chi connectivity index (χ4n) is 5.15. The van der Waals surface area contributed by atoms with Gasteiger partial charge in [0.1, 0.15) is 0 Å². The summed E-state index contributed by atoms with van der Waals surface area (Å²) >= 11 is 3.18. The molecular weight excluding hydrogens is 342 g/mol. The van der Waals surface area contributed by atoms with Crippen molar-refractivity contribution in [2.45, 2.75) is 35.5 Å². The summed E-state index contributed by atoms with van der Waals surface area (Å²) in [5, 5.41) is 12.3. The predicted octanol–water partition coefficient (Wildman–Crippen LogP) is 3.80. The van der Waals surface area contributed by atoms with Crippen LogP contribution in [0.25, 0.3) is 0 Å². The average Bonchev–Trinajstić information content (AvgIpc) is 3.26. The minimum absolute atomic E-state index is 0.00667. The Kier molecular flexibility index (Phi) is 3.29. The zero-order valence-corrected chi connectivity index (χ0v) is 15.0. The van der Waals surface area contributed by atoms with E-state index in [2.05, 4.69) is 4.98 Å². The van der Waals surface area contributed by atoms with Crippen LogP contribution in [0.4, 0.5) is 0 Å². The van der Waals surface area contributed by atoms with Crippen molar-refractivity contribution < 1.29 is 9.84 Å². The van der Waals surface area contributed by atoms with Crippen LogP contribution in [0.1, 0.15) is 35.6 Å². The molecule has 1 aromatic heterocycles. The Labute approximate surface area is 148 Å². The lowest BCUT2D eigenvalue weighted by Gasteiger charge is -2.40. The molecule has 1 aromatic carbocycles. The maximum absolute atomic E-state index is 12.0. The molecule has 2 aromatic rings. The molecule has 4 nitrogen and oxygen atoms in total. The molecule has 2 fully saturated rings. The summed E-state index contributed by atoms with van der Waals surface area (Å²) in [6.07, 6.45) is 3.88. The zero-order valence-electron chi connectivity index (χ0n) is 13.3. The first-order chi connectivity index (χ1) is 11.7. The standard InChI is InChI=1S/C18H19NO3S2/c1-22-11-4-2-3-10(14(11)20)13-12-8-5-6-9(7-8)15(12)23-17-16(13)24-18(21)19-17/h2-4,8-9,12-13,15,20H,5-7H2,1H3,(H,19,21)/t8-,9-,12+,13-,15-/m0/s1. The van der Waals surface area contributed by atoms with Gasteiger partial charge in [-0.1, -0.05) is 23.5 Å². The minimum atomic E-state index is 0.00667. The lowest BCUT2D eigenvalue weighted by Crippen LogP contribution is -2.33. The fourth-order valence-corrected chi connectivity index (χ4v) is 8.04. The normalized spacial score (nSPS) is 33.3. The van der Waals surface area contributed by atoms with Crippen molar-refractivity contribution >= 4 is 23.1 Å². The van der Waals surface area contributed by atoms with Crippen molar-refractivity contribution in [2.24, 2.45) is 17.8 Å². The molecular formula is C18H19NO3S2. The number of hydrogen-bond donors (Lipinski definition) is 2. The van der Waals surface area contributed by atoms with Crippen molar-refractivity contribution in [2.75, 3.05) is 7.11 Å². The van der Waals surface area contributed by atoms with Crippen molar-refractivity contribution in [1.29, 1.82) is 0 Å². The Morgan fingerprint density at radius 2 is 2.12 bits per heavy atom. The number of thiazole rings is 1. The van der Waals surface area contributed by atoms with Crippen LogP contribution in [0.5, 0.6) is 11.5 Å². The van der Waals surface area contributed by atoms with Crippen LogP contribution in [0.3, 0.4) is 0 Å². The number of para-hydroxylation sites is 1. The van der Waals surface area contributed by atoms with Gasteiger partial charge < -0.3 is 14.8 Å². The number of hydrogen-bond acceptors (Lipinski definition) is 5. The molecule has 0 unspecified atom stereocenters. The number of benzene rings is 1. The van der Waals surface area contributed by atoms with Gasteiger partial charge in [0.15, 0.2) is 11.5 Å². The SMILES string of the molecule is COc1cccc([C@@H]2c3sc(=O)[nH]c3S[C@H]3[C@H]4CC[C@@H](C4)[C@H]23)c1O. The molecule has 0 radical (unpaired) electrons. The Hall–Kier alpha value is -1.40. The van der Waals surface area contributed by atoms with Gasteiger partial charge in [-0.25, -0.2) is 0 Å². The molecule has 6 heteroatoms. The van der Waals surface area contributed by atoms with Crippen LogP contribution in [-0.2, 0) is 0 Å². The summed E-state index contributed by atoms with van der Waals surface area (Å²) in [6, 6.07) is 5.72. The van der Waals surface area contributed by atoms with Crippen LogP contribution in [0, 0.1) is 17.8 Å². The largest absolute Gasteiger partial charge is 0.504 e. The van der Waals surface area contributed by atoms with E-state index in [0.29, 0.717) is 22.8 Å². The summed E-state index contributed by atoms with van der Waals surface area (Å²) in [5.41, 5.74) is 0.911. The van der Waals surface area contributed by atoms with Crippen LogP contribution in [-0.4, -0.2) is 22.5 Å². The van der Waals surface area contributed by atoms with Crippen molar-refractivity contribution in [1.82, 2.24) is 4.98 Å². The fraction of sp³-hybridized carbons (Fsp3) is 0.500. The highest BCUT2D eigenvalue weighted by Crippen LogP contribution is 2.64. The molecule has 1 aliphatic heterocycles. The number of rotatable bonds is 2. The summed E-state index contributed by atoms with van der Waals surface area (Å²) < 4.78 is 5.32. The summed E-state index contributed by atoms with van der Waals surface area (Å²) in [7, 11) is 1.58. The lowest BCUT2D eigenvalue weighted by molar-refractivity contribution is 0.300. The quantitative estimate of drug-likeness (QED) is 0.854. The number of H-pyrrole nitrogens is 1. The van der Waals surface area contributed by atoms with Crippen LogP contribution in [0.15, 0.2) is 28.0 Å². The lowest BCUT2D eigenvalue weighted by atomic mass is 9.74. The third-order valence-electron chi connectivity index (χ3n) is 6.05. The first-order valence-electron chi connectivity index (χ1n) is 8.43. The first-order valence-corrected chi connectivity index (χ1v) is 10.1. The molecule has 2 saturated carbocycles. The monoisotopic (exact) mass is 361 g/mol. The highest BCUT2D eigenvalue weighted by Gasteiger charge is 2.55. The maximum Gasteiger partial charge on any atom is 0.305 e. The van der Waals surface area contributed by atoms with Crippen molar-refractivity contribution in [3.8, 4) is 11.5 Å². The molecule has 126 valence electrons. The number of aromatic hydroxyl groups is 1. The Bertz CT molecular complexity index is 858. The molecule has 0 saturated heterocycles. The van der Waals surface area contributed by atoms with E-state index in [1.807, 2.05) is 23.9 Å². The molecule has 2 aliphatic carbocycles. The number of methoxy groups -OCH3 is 1. The molecule has 3 aliphatic rings. The highest BCUT2D eigenvalue weighted by molar-refractivity contribution is 8.00. The zero-order chi connectivity index (χ0) is 16.4. The van der Waals surface area contributed by atoms with E-state index in [4.69, 9.17) is 4.74 Å². The molecule has 5 rings (SSSR count). The van der Waals surface area contributed by atoms with Gasteiger partial charge in [0.25, 0.3) is 0 Å². The van der Waals surface area contributed by atoms with Gasteiger partial charge in [-0.2, -0.15) is 0 Å². The second kappa shape index (κ2) is 5.30. The Morgan fingerprint density at radius 1 is 1.29 bits per heavy atom. The van der Waals surface area contributed by atoms with E-state index in [9.17, 15) is 9.90 Å². The topological polar surface area (TPSA) is 62.3 Å². The molecule has 2 heterocycles. The summed E-state index contributed by atoms with van der Waals surface area (Å²) in [5.74, 6) is 2.79. The van der Waals surface area contributed by atoms with Gasteiger partial charge in [0.05, 0.1) is 12.1 Å². The van der Waals surface area contributed by atoms with Crippen LogP contribution in [0.2, 0.25) is 0 Å². The molecule has 0 amide bonds. The number of nitrogens with one attached hydrogen (secondary N) is 1. The van der Waals surface area contributed by atoms with E-state index in [-0.39, 0.29) is 16.5 Å². The molecule has 0 spiro atoms. The number of ether oxygens (including phenoxy) is 1. The number of thioether (sulfide) groups is 1. The Balaban J connectivity index is 1.71. The summed E-state index contributed by atoms with van der Waals surface area (Å²) in [4.78, 5) is 16.1. The predicted molar refractivity (Wildman–Crippen MR) is 95.4 cm³/mol. The molecule has 24 heavy (non-hydrogen) atoms. The molecule has 5 atom stereocenters. The summed E-state index contributed by atoms with van der Waals surface area (Å²) in [6.45, 7) is 0. The first kappa shape index (κ1) is 14.9.